The summed E-state index contributed by atoms with van der Waals surface area (Å²) in [6.45, 7) is 6.60. The molecule has 0 aliphatic carbocycles. The van der Waals surface area contributed by atoms with Gasteiger partial charge in [0.25, 0.3) is 5.91 Å². The number of carbonyl (C=O) groups is 1. The third-order valence-corrected chi connectivity index (χ3v) is 7.29. The minimum absolute atomic E-state index is 0.00304. The highest BCUT2D eigenvalue weighted by Gasteiger charge is 2.20. The lowest BCUT2D eigenvalue weighted by Gasteiger charge is -2.13. The first kappa shape index (κ1) is 24.1. The Bertz CT molecular complexity index is 1160. The molecular weight excluding hydrogens is 450 g/mol. The Morgan fingerprint density at radius 3 is 2.30 bits per heavy atom. The molecule has 2 aromatic rings. The summed E-state index contributed by atoms with van der Waals surface area (Å²) in [5, 5.41) is 2.74. The van der Waals surface area contributed by atoms with E-state index in [-0.39, 0.29) is 27.3 Å². The zero-order valence-corrected chi connectivity index (χ0v) is 19.4. The van der Waals surface area contributed by atoms with Crippen LogP contribution in [-0.4, -0.2) is 34.5 Å². The van der Waals surface area contributed by atoms with Crippen molar-refractivity contribution in [3.05, 3.63) is 52.5 Å². The third-order valence-electron chi connectivity index (χ3n) is 4.01. The maximum Gasteiger partial charge on any atom is 0.257 e. The summed E-state index contributed by atoms with van der Waals surface area (Å²) < 4.78 is 53.1. The Morgan fingerprint density at radius 2 is 1.73 bits per heavy atom. The molecule has 0 unspecified atom stereocenters. The first-order chi connectivity index (χ1) is 13.8. The number of sulfonamides is 2. The monoisotopic (exact) mass is 473 g/mol. The molecule has 3 N–H and O–H groups in total. The summed E-state index contributed by atoms with van der Waals surface area (Å²) >= 11 is 6.11. The van der Waals surface area contributed by atoms with Crippen LogP contribution in [0.5, 0.6) is 0 Å². The standard InChI is InChI=1S/C19H24ClN3O5S2/c1-5-29(25,26)23-18-9-6-14(10-13(18)4)21-19(24)16-11-15(7-8-17(16)20)30(27,28)22-12(2)3/h6-12,22-23H,5H2,1-4H3,(H,21,24). The predicted molar refractivity (Wildman–Crippen MR) is 119 cm³/mol. The zero-order chi connectivity index (χ0) is 22.7. The fourth-order valence-corrected chi connectivity index (χ4v) is 4.71. The number of amides is 1. The molecule has 2 rings (SSSR count). The van der Waals surface area contributed by atoms with Crippen LogP contribution in [0.3, 0.4) is 0 Å². The topological polar surface area (TPSA) is 121 Å². The molecule has 0 fully saturated rings. The van der Waals surface area contributed by atoms with Gasteiger partial charge in [0.1, 0.15) is 0 Å². The molecule has 0 spiro atoms. The lowest BCUT2D eigenvalue weighted by Crippen LogP contribution is -2.30. The number of rotatable bonds is 8. The van der Waals surface area contributed by atoms with E-state index < -0.39 is 26.0 Å². The number of aryl methyl sites for hydroxylation is 1. The summed E-state index contributed by atoms with van der Waals surface area (Å²) in [5.41, 5.74) is 1.41. The number of nitrogens with one attached hydrogen (secondary N) is 3. The van der Waals surface area contributed by atoms with E-state index in [1.54, 1.807) is 26.8 Å². The van der Waals surface area contributed by atoms with Crippen molar-refractivity contribution in [2.75, 3.05) is 15.8 Å². The molecule has 30 heavy (non-hydrogen) atoms. The van der Waals surface area contributed by atoms with Gasteiger partial charge in [-0.15, -0.1) is 0 Å². The first-order valence-electron chi connectivity index (χ1n) is 9.09. The van der Waals surface area contributed by atoms with Crippen molar-refractivity contribution >= 4 is 48.9 Å². The average molecular weight is 474 g/mol. The van der Waals surface area contributed by atoms with Gasteiger partial charge < -0.3 is 5.32 Å². The van der Waals surface area contributed by atoms with Crippen LogP contribution in [0.1, 0.15) is 36.7 Å². The molecule has 0 aliphatic heterocycles. The second-order valence-corrected chi connectivity index (χ2v) is 11.0. The molecule has 0 saturated heterocycles. The van der Waals surface area contributed by atoms with Gasteiger partial charge in [0.15, 0.2) is 0 Å². The van der Waals surface area contributed by atoms with Crippen LogP contribution in [0.25, 0.3) is 0 Å². The molecule has 0 bridgehead atoms. The fourth-order valence-electron chi connectivity index (χ4n) is 2.52. The first-order valence-corrected chi connectivity index (χ1v) is 12.6. The minimum atomic E-state index is -3.79. The Hall–Kier alpha value is -2.14. The lowest BCUT2D eigenvalue weighted by atomic mass is 10.1. The SMILES string of the molecule is CCS(=O)(=O)Nc1ccc(NC(=O)c2cc(S(=O)(=O)NC(C)C)ccc2Cl)cc1C. The van der Waals surface area contributed by atoms with Crippen molar-refractivity contribution in [1.29, 1.82) is 0 Å². The summed E-state index contributed by atoms with van der Waals surface area (Å²) in [6, 6.07) is 8.23. The summed E-state index contributed by atoms with van der Waals surface area (Å²) in [5.74, 6) is -0.656. The van der Waals surface area contributed by atoms with Crippen LogP contribution in [-0.2, 0) is 20.0 Å². The molecule has 8 nitrogen and oxygen atoms in total. The fraction of sp³-hybridized carbons (Fsp3) is 0.316. The lowest BCUT2D eigenvalue weighted by molar-refractivity contribution is 0.102. The summed E-state index contributed by atoms with van der Waals surface area (Å²) in [7, 11) is -7.22. The summed E-state index contributed by atoms with van der Waals surface area (Å²) in [4.78, 5) is 12.6. The van der Waals surface area contributed by atoms with E-state index in [4.69, 9.17) is 11.6 Å². The molecule has 0 radical (unpaired) electrons. The average Bonchev–Trinajstić information content (AvgIpc) is 2.63. The third kappa shape index (κ3) is 6.18. The quantitative estimate of drug-likeness (QED) is 0.542. The van der Waals surface area contributed by atoms with Crippen LogP contribution in [0.15, 0.2) is 41.3 Å². The van der Waals surface area contributed by atoms with Crippen molar-refractivity contribution < 1.29 is 21.6 Å². The normalized spacial score (nSPS) is 12.1. The largest absolute Gasteiger partial charge is 0.322 e. The van der Waals surface area contributed by atoms with E-state index in [1.165, 1.54) is 37.3 Å². The second-order valence-electron chi connectivity index (χ2n) is 6.91. The highest BCUT2D eigenvalue weighted by Crippen LogP contribution is 2.24. The maximum absolute atomic E-state index is 12.7. The number of carbonyl (C=O) groups excluding carboxylic acids is 1. The minimum Gasteiger partial charge on any atom is -0.322 e. The van der Waals surface area contributed by atoms with E-state index in [2.05, 4.69) is 14.8 Å². The number of anilines is 2. The van der Waals surface area contributed by atoms with Crippen LogP contribution in [0.4, 0.5) is 11.4 Å². The van der Waals surface area contributed by atoms with Gasteiger partial charge in [-0.1, -0.05) is 11.6 Å². The zero-order valence-electron chi connectivity index (χ0n) is 17.0. The number of hydrogen-bond acceptors (Lipinski definition) is 5. The van der Waals surface area contributed by atoms with E-state index >= 15 is 0 Å². The van der Waals surface area contributed by atoms with Crippen LogP contribution >= 0.6 is 11.6 Å². The molecule has 0 atom stereocenters. The highest BCUT2D eigenvalue weighted by molar-refractivity contribution is 7.92. The smallest absolute Gasteiger partial charge is 0.257 e. The molecule has 11 heteroatoms. The second kappa shape index (κ2) is 9.34. The molecule has 0 heterocycles. The Balaban J connectivity index is 2.28. The van der Waals surface area contributed by atoms with Gasteiger partial charge in [0.05, 0.1) is 26.9 Å². The van der Waals surface area contributed by atoms with Gasteiger partial charge in [-0.05, 0) is 69.7 Å². The van der Waals surface area contributed by atoms with Gasteiger partial charge in [0, 0.05) is 11.7 Å². The van der Waals surface area contributed by atoms with E-state index in [9.17, 15) is 21.6 Å². The van der Waals surface area contributed by atoms with Crippen LogP contribution < -0.4 is 14.8 Å². The Kier molecular flexibility index (Phi) is 7.51. The Morgan fingerprint density at radius 1 is 1.07 bits per heavy atom. The molecule has 0 saturated carbocycles. The van der Waals surface area contributed by atoms with Gasteiger partial charge in [-0.3, -0.25) is 9.52 Å². The molecule has 164 valence electrons. The van der Waals surface area contributed by atoms with Crippen LogP contribution in [0.2, 0.25) is 5.02 Å². The van der Waals surface area contributed by atoms with Crippen molar-refractivity contribution in [1.82, 2.24) is 4.72 Å². The molecule has 2 aromatic carbocycles. The maximum atomic E-state index is 12.7. The van der Waals surface area contributed by atoms with E-state index in [0.29, 0.717) is 16.9 Å². The van der Waals surface area contributed by atoms with Crippen molar-refractivity contribution in [2.24, 2.45) is 0 Å². The van der Waals surface area contributed by atoms with Gasteiger partial charge >= 0.3 is 0 Å². The summed E-state index contributed by atoms with van der Waals surface area (Å²) in [6.07, 6.45) is 0. The number of hydrogen-bond donors (Lipinski definition) is 3. The van der Waals surface area contributed by atoms with Gasteiger partial charge in [-0.25, -0.2) is 21.6 Å². The van der Waals surface area contributed by atoms with Gasteiger partial charge in [0.2, 0.25) is 20.0 Å². The highest BCUT2D eigenvalue weighted by atomic mass is 35.5. The van der Waals surface area contributed by atoms with Crippen molar-refractivity contribution in [3.63, 3.8) is 0 Å². The van der Waals surface area contributed by atoms with E-state index in [1.807, 2.05) is 0 Å². The molecule has 0 aliphatic rings. The van der Waals surface area contributed by atoms with Crippen molar-refractivity contribution in [3.8, 4) is 0 Å². The molecular formula is C19H24ClN3O5S2. The number of halogens is 1. The molecule has 1 amide bonds. The van der Waals surface area contributed by atoms with Gasteiger partial charge in [-0.2, -0.15) is 0 Å². The Labute approximate surface area is 182 Å². The predicted octanol–water partition coefficient (Wildman–Crippen LogP) is 3.35. The van der Waals surface area contributed by atoms with E-state index in [0.717, 1.165) is 0 Å². The number of benzene rings is 2. The van der Waals surface area contributed by atoms with Crippen molar-refractivity contribution in [2.45, 2.75) is 38.6 Å². The van der Waals surface area contributed by atoms with Crippen LogP contribution in [0, 0.1) is 6.92 Å². The molecule has 0 aromatic heterocycles.